The summed E-state index contributed by atoms with van der Waals surface area (Å²) < 4.78 is 144. The van der Waals surface area contributed by atoms with Crippen LogP contribution in [0.25, 0.3) is 0 Å². The van der Waals surface area contributed by atoms with Gasteiger partial charge in [-0.2, -0.15) is 0 Å². The zero-order valence-electron chi connectivity index (χ0n) is 16.8. The van der Waals surface area contributed by atoms with Crippen molar-refractivity contribution in [1.82, 2.24) is 0 Å². The predicted octanol–water partition coefficient (Wildman–Crippen LogP) is 2.63. The van der Waals surface area contributed by atoms with Crippen LogP contribution in [-0.2, 0) is 30.1 Å². The molecule has 0 heterocycles. The predicted molar refractivity (Wildman–Crippen MR) is 112 cm³/mol. The number of nitrogens with one attached hydrogen (secondary N) is 2. The Labute approximate surface area is 195 Å². The van der Waals surface area contributed by atoms with Gasteiger partial charge in [-0.25, -0.2) is 52.3 Å². The molecule has 3 aromatic rings. The molecule has 0 spiro atoms. The van der Waals surface area contributed by atoms with E-state index >= 15 is 0 Å². The minimum absolute atomic E-state index is 0.174. The fourth-order valence-corrected chi connectivity index (χ4v) is 5.49. The molecule has 17 heteroatoms. The van der Waals surface area contributed by atoms with E-state index in [1.807, 2.05) is 0 Å². The Bertz CT molecular complexity index is 1620. The third kappa shape index (κ3) is 5.37. The lowest BCUT2D eigenvalue weighted by Gasteiger charge is -2.12. The van der Waals surface area contributed by atoms with Crippen LogP contribution in [-0.4, -0.2) is 25.3 Å². The van der Waals surface area contributed by atoms with Crippen LogP contribution in [0.3, 0.4) is 0 Å². The van der Waals surface area contributed by atoms with Crippen LogP contribution >= 0.6 is 0 Å². The molecule has 0 aliphatic carbocycles. The SMILES string of the molecule is NS(=O)(=O)c1cccc(NS(=O)(=O)c2ccc(NS(=O)(=O)c3c(F)c(F)c(F)c(F)c3F)cc2)c1. The normalized spacial score (nSPS) is 12.4. The summed E-state index contributed by atoms with van der Waals surface area (Å²) in [5.41, 5.74) is -0.656. The lowest BCUT2D eigenvalue weighted by Crippen LogP contribution is -2.19. The van der Waals surface area contributed by atoms with Crippen molar-refractivity contribution in [1.29, 1.82) is 0 Å². The Kier molecular flexibility index (Phi) is 6.82. The summed E-state index contributed by atoms with van der Waals surface area (Å²) in [5, 5.41) is 4.98. The number of sulfonamides is 3. The zero-order valence-corrected chi connectivity index (χ0v) is 19.2. The minimum Gasteiger partial charge on any atom is -0.280 e. The number of hydrogen-bond donors (Lipinski definition) is 3. The summed E-state index contributed by atoms with van der Waals surface area (Å²) in [5.74, 6) is -12.7. The number of halogens is 5. The molecule has 0 radical (unpaired) electrons. The van der Waals surface area contributed by atoms with Crippen LogP contribution in [0, 0.1) is 29.1 Å². The molecule has 9 nitrogen and oxygen atoms in total. The minimum atomic E-state index is -5.33. The van der Waals surface area contributed by atoms with Crippen LogP contribution in [0.15, 0.2) is 63.2 Å². The molecule has 0 aromatic heterocycles. The average Bonchev–Trinajstić information content (AvgIpc) is 2.75. The van der Waals surface area contributed by atoms with E-state index < -0.39 is 74.6 Å². The molecule has 0 aliphatic heterocycles. The van der Waals surface area contributed by atoms with Gasteiger partial charge in [-0.3, -0.25) is 9.44 Å². The first-order chi connectivity index (χ1) is 16.0. The maximum absolute atomic E-state index is 13.9. The summed E-state index contributed by atoms with van der Waals surface area (Å²) in [4.78, 5) is -2.96. The van der Waals surface area contributed by atoms with Gasteiger partial charge in [0.2, 0.25) is 15.8 Å². The fraction of sp³-hybridized carbons (Fsp3) is 0. The third-order valence-electron chi connectivity index (χ3n) is 4.27. The lowest BCUT2D eigenvalue weighted by molar-refractivity contribution is 0.358. The summed E-state index contributed by atoms with van der Waals surface area (Å²) in [6.07, 6.45) is 0. The zero-order chi connectivity index (χ0) is 26.3. The standard InChI is InChI=1S/C18H12F5N3O6S3/c19-13-14(20)16(22)18(17(23)15(13)21)35(31,32)25-9-4-6-11(7-5-9)34(29,30)26-10-2-1-3-12(8-10)33(24,27)28/h1-8,25-26H,(H2,24,27,28). The summed E-state index contributed by atoms with van der Waals surface area (Å²) in [7, 11) is -13.8. The second-order valence-corrected chi connectivity index (χ2v) is 11.6. The smallest absolute Gasteiger partial charge is 0.267 e. The van der Waals surface area contributed by atoms with Crippen LogP contribution in [0.1, 0.15) is 0 Å². The van der Waals surface area contributed by atoms with Gasteiger partial charge in [-0.1, -0.05) is 6.07 Å². The highest BCUT2D eigenvalue weighted by Gasteiger charge is 2.33. The van der Waals surface area contributed by atoms with Crippen LogP contribution in [0.2, 0.25) is 0 Å². The number of anilines is 2. The van der Waals surface area contributed by atoms with Gasteiger partial charge in [0.25, 0.3) is 20.0 Å². The van der Waals surface area contributed by atoms with Gasteiger partial charge in [0, 0.05) is 5.69 Å². The molecule has 0 fully saturated rings. The van der Waals surface area contributed by atoms with Gasteiger partial charge in [0.05, 0.1) is 15.5 Å². The van der Waals surface area contributed by atoms with E-state index in [4.69, 9.17) is 5.14 Å². The van der Waals surface area contributed by atoms with Gasteiger partial charge in [0.1, 0.15) is 0 Å². The van der Waals surface area contributed by atoms with E-state index in [-0.39, 0.29) is 10.6 Å². The first-order valence-electron chi connectivity index (χ1n) is 8.84. The Hall–Kier alpha value is -3.28. The molecule has 0 amide bonds. The molecular weight excluding hydrogens is 545 g/mol. The van der Waals surface area contributed by atoms with Crippen LogP contribution in [0.4, 0.5) is 33.3 Å². The fourth-order valence-electron chi connectivity index (χ4n) is 2.68. The van der Waals surface area contributed by atoms with Crippen LogP contribution < -0.4 is 14.6 Å². The molecule has 0 saturated heterocycles. The monoisotopic (exact) mass is 557 g/mol. The van der Waals surface area contributed by atoms with Gasteiger partial charge in [-0.15, -0.1) is 0 Å². The Morgan fingerprint density at radius 2 is 1.06 bits per heavy atom. The molecule has 3 aromatic carbocycles. The molecule has 3 rings (SSSR count). The first kappa shape index (κ1) is 26.3. The second-order valence-electron chi connectivity index (χ2n) is 6.71. The third-order valence-corrected chi connectivity index (χ3v) is 7.98. The maximum Gasteiger partial charge on any atom is 0.267 e. The highest BCUT2D eigenvalue weighted by Crippen LogP contribution is 2.28. The molecule has 0 atom stereocenters. The highest BCUT2D eigenvalue weighted by atomic mass is 32.2. The molecule has 0 saturated carbocycles. The number of hydrogen-bond acceptors (Lipinski definition) is 6. The number of nitrogens with two attached hydrogens (primary N) is 1. The van der Waals surface area contributed by atoms with Crippen molar-refractivity contribution in [3.8, 4) is 0 Å². The van der Waals surface area contributed by atoms with E-state index in [2.05, 4.69) is 4.72 Å². The quantitative estimate of drug-likeness (QED) is 0.231. The van der Waals surface area contributed by atoms with Gasteiger partial charge in [0.15, 0.2) is 28.2 Å². The molecule has 0 unspecified atom stereocenters. The van der Waals surface area contributed by atoms with E-state index in [9.17, 15) is 47.2 Å². The van der Waals surface area contributed by atoms with Crippen LogP contribution in [0.5, 0.6) is 0 Å². The van der Waals surface area contributed by atoms with E-state index in [1.54, 1.807) is 4.72 Å². The van der Waals surface area contributed by atoms with Crippen molar-refractivity contribution in [3.05, 3.63) is 77.6 Å². The summed E-state index contributed by atoms with van der Waals surface area (Å²) in [6.45, 7) is 0. The van der Waals surface area contributed by atoms with Crippen molar-refractivity contribution < 1.29 is 47.2 Å². The van der Waals surface area contributed by atoms with E-state index in [1.165, 1.54) is 12.1 Å². The van der Waals surface area contributed by atoms with E-state index in [0.717, 1.165) is 36.4 Å². The largest absolute Gasteiger partial charge is 0.280 e. The number of rotatable bonds is 7. The van der Waals surface area contributed by atoms with Crippen molar-refractivity contribution in [3.63, 3.8) is 0 Å². The number of benzene rings is 3. The Morgan fingerprint density at radius 3 is 1.57 bits per heavy atom. The molecule has 188 valence electrons. The van der Waals surface area contributed by atoms with Gasteiger partial charge >= 0.3 is 0 Å². The Morgan fingerprint density at radius 1 is 0.571 bits per heavy atom. The second kappa shape index (κ2) is 9.06. The van der Waals surface area contributed by atoms with Crippen molar-refractivity contribution in [2.24, 2.45) is 5.14 Å². The topological polar surface area (TPSA) is 152 Å². The van der Waals surface area contributed by atoms with Crippen molar-refractivity contribution in [2.75, 3.05) is 9.44 Å². The van der Waals surface area contributed by atoms with E-state index in [0.29, 0.717) is 0 Å². The Balaban J connectivity index is 1.89. The number of primary sulfonamides is 1. The molecule has 0 bridgehead atoms. The highest BCUT2D eigenvalue weighted by molar-refractivity contribution is 7.93. The summed E-state index contributed by atoms with van der Waals surface area (Å²) in [6, 6.07) is 7.87. The molecule has 35 heavy (non-hydrogen) atoms. The summed E-state index contributed by atoms with van der Waals surface area (Å²) >= 11 is 0. The van der Waals surface area contributed by atoms with Crippen molar-refractivity contribution in [2.45, 2.75) is 14.7 Å². The van der Waals surface area contributed by atoms with Gasteiger partial charge in [-0.05, 0) is 42.5 Å². The molecule has 4 N–H and O–H groups in total. The maximum atomic E-state index is 13.9. The first-order valence-corrected chi connectivity index (χ1v) is 13.4. The molecule has 0 aliphatic rings. The van der Waals surface area contributed by atoms with Gasteiger partial charge < -0.3 is 0 Å². The van der Waals surface area contributed by atoms with Crippen molar-refractivity contribution >= 4 is 41.4 Å². The lowest BCUT2D eigenvalue weighted by atomic mass is 10.3. The molecular formula is C18H12F5N3O6S3. The average molecular weight is 558 g/mol.